The summed E-state index contributed by atoms with van der Waals surface area (Å²) in [6.07, 6.45) is 2.30. The van der Waals surface area contributed by atoms with Crippen molar-refractivity contribution in [2.24, 2.45) is 5.92 Å². The highest BCUT2D eigenvalue weighted by Gasteiger charge is 2.38. The molecule has 1 aromatic heterocycles. The molecule has 1 aliphatic heterocycles. The largest absolute Gasteiger partial charge is 0.508 e. The number of phenolic OH excluding ortho intramolecular Hbond substituents is 1. The number of esters is 1. The SMILES string of the molecule is COC(=O)[C@H]1C[C@H](Oc2nc(C3CCOCC3)c(-c3ccc(F)c(F)c3)c3ccc(O)cc23)C1. The fourth-order valence-electron chi connectivity index (χ4n) is 4.78. The Hall–Kier alpha value is -3.26. The van der Waals surface area contributed by atoms with Crippen molar-refractivity contribution in [1.82, 2.24) is 4.98 Å². The van der Waals surface area contributed by atoms with Gasteiger partial charge in [0.15, 0.2) is 11.6 Å². The van der Waals surface area contributed by atoms with Gasteiger partial charge in [-0.3, -0.25) is 4.79 Å². The van der Waals surface area contributed by atoms with E-state index in [9.17, 15) is 18.7 Å². The lowest BCUT2D eigenvalue weighted by molar-refractivity contribution is -0.151. The van der Waals surface area contributed by atoms with Gasteiger partial charge in [-0.15, -0.1) is 0 Å². The van der Waals surface area contributed by atoms with Crippen LogP contribution in [0.25, 0.3) is 21.9 Å². The molecule has 6 nitrogen and oxygen atoms in total. The third-order valence-electron chi connectivity index (χ3n) is 6.70. The van der Waals surface area contributed by atoms with Crippen molar-refractivity contribution in [2.75, 3.05) is 20.3 Å². The number of halogens is 2. The Balaban J connectivity index is 1.63. The van der Waals surface area contributed by atoms with Gasteiger partial charge < -0.3 is 19.3 Å². The summed E-state index contributed by atoms with van der Waals surface area (Å²) in [6, 6.07) is 8.69. The number of benzene rings is 2. The molecule has 2 heterocycles. The molecule has 2 fully saturated rings. The van der Waals surface area contributed by atoms with Gasteiger partial charge in [-0.1, -0.05) is 6.07 Å². The lowest BCUT2D eigenvalue weighted by Crippen LogP contribution is -2.39. The van der Waals surface area contributed by atoms with Crippen molar-refractivity contribution < 1.29 is 32.9 Å². The molecule has 3 aromatic rings. The molecular weight excluding hydrogens is 444 g/mol. The van der Waals surface area contributed by atoms with E-state index >= 15 is 0 Å². The Kier molecular flexibility index (Phi) is 6.08. The van der Waals surface area contributed by atoms with Gasteiger partial charge in [0.25, 0.3) is 0 Å². The van der Waals surface area contributed by atoms with Crippen LogP contribution in [0, 0.1) is 17.6 Å². The number of phenols is 1. The van der Waals surface area contributed by atoms with Crippen LogP contribution in [0.15, 0.2) is 36.4 Å². The number of aromatic hydroxyl groups is 1. The van der Waals surface area contributed by atoms with Gasteiger partial charge in [0.2, 0.25) is 5.88 Å². The van der Waals surface area contributed by atoms with E-state index in [2.05, 4.69) is 0 Å². The Morgan fingerprint density at radius 1 is 1.06 bits per heavy atom. The number of fused-ring (bicyclic) bond motifs is 1. The first kappa shape index (κ1) is 22.5. The van der Waals surface area contributed by atoms with Crippen molar-refractivity contribution in [3.05, 3.63) is 53.7 Å². The number of methoxy groups -OCH3 is 1. The Labute approximate surface area is 195 Å². The van der Waals surface area contributed by atoms with Crippen LogP contribution in [0.2, 0.25) is 0 Å². The lowest BCUT2D eigenvalue weighted by atomic mass is 9.82. The van der Waals surface area contributed by atoms with Crippen LogP contribution in [0.5, 0.6) is 11.6 Å². The highest BCUT2D eigenvalue weighted by Crippen LogP contribution is 2.44. The fraction of sp³-hybridized carbons (Fsp3) is 0.385. The zero-order valence-electron chi connectivity index (χ0n) is 18.7. The second kappa shape index (κ2) is 9.18. The number of carbonyl (C=O) groups excluding carboxylic acids is 1. The smallest absolute Gasteiger partial charge is 0.308 e. The molecule has 1 N–H and O–H groups in total. The number of nitrogens with zero attached hydrogens (tertiary/aromatic N) is 1. The first-order chi connectivity index (χ1) is 16.4. The number of pyridine rings is 1. The van der Waals surface area contributed by atoms with Crippen molar-refractivity contribution in [1.29, 1.82) is 0 Å². The number of rotatable bonds is 5. The summed E-state index contributed by atoms with van der Waals surface area (Å²) in [4.78, 5) is 16.7. The van der Waals surface area contributed by atoms with E-state index in [0.29, 0.717) is 48.4 Å². The Bertz CT molecular complexity index is 1240. The quantitative estimate of drug-likeness (QED) is 0.524. The summed E-state index contributed by atoms with van der Waals surface area (Å²) in [5, 5.41) is 11.5. The van der Waals surface area contributed by atoms with Gasteiger partial charge in [-0.2, -0.15) is 0 Å². The van der Waals surface area contributed by atoms with E-state index < -0.39 is 11.6 Å². The molecule has 1 saturated carbocycles. The number of hydrogen-bond acceptors (Lipinski definition) is 6. The molecule has 0 radical (unpaired) electrons. The third kappa shape index (κ3) is 4.18. The van der Waals surface area contributed by atoms with Crippen LogP contribution in [0.1, 0.15) is 37.3 Å². The highest BCUT2D eigenvalue weighted by atomic mass is 19.2. The summed E-state index contributed by atoms with van der Waals surface area (Å²) in [6.45, 7) is 1.16. The van der Waals surface area contributed by atoms with Gasteiger partial charge in [0.1, 0.15) is 11.9 Å². The normalized spacial score (nSPS) is 20.7. The minimum atomic E-state index is -0.939. The monoisotopic (exact) mass is 469 g/mol. The van der Waals surface area contributed by atoms with Crippen LogP contribution in [-0.2, 0) is 14.3 Å². The van der Waals surface area contributed by atoms with Crippen molar-refractivity contribution in [3.8, 4) is 22.8 Å². The minimum absolute atomic E-state index is 0.0373. The van der Waals surface area contributed by atoms with Crippen LogP contribution in [0.3, 0.4) is 0 Å². The van der Waals surface area contributed by atoms with Gasteiger partial charge in [-0.25, -0.2) is 13.8 Å². The molecule has 0 bridgehead atoms. The minimum Gasteiger partial charge on any atom is -0.508 e. The van der Waals surface area contributed by atoms with Gasteiger partial charge in [-0.05, 0) is 67.0 Å². The maximum Gasteiger partial charge on any atom is 0.308 e. The average Bonchev–Trinajstić information content (AvgIpc) is 2.82. The Morgan fingerprint density at radius 2 is 1.82 bits per heavy atom. The first-order valence-corrected chi connectivity index (χ1v) is 11.4. The van der Waals surface area contributed by atoms with Gasteiger partial charge in [0, 0.05) is 30.1 Å². The third-order valence-corrected chi connectivity index (χ3v) is 6.70. The van der Waals surface area contributed by atoms with E-state index in [4.69, 9.17) is 19.2 Å². The van der Waals surface area contributed by atoms with E-state index in [1.807, 2.05) is 0 Å². The second-order valence-corrected chi connectivity index (χ2v) is 8.85. The number of hydrogen-bond donors (Lipinski definition) is 1. The standard InChI is InChI=1S/C26H25F2NO5/c1-32-26(31)16-10-18(11-16)34-25-20-13-17(30)3-4-19(20)23(15-2-5-21(27)22(28)12-15)24(29-25)14-6-8-33-9-7-14/h2-5,12-14,16,18,30H,6-11H2,1H3/t16-,18-. The first-order valence-electron chi connectivity index (χ1n) is 11.4. The molecule has 0 spiro atoms. The Morgan fingerprint density at radius 3 is 2.53 bits per heavy atom. The molecular formula is C26H25F2NO5. The maximum atomic E-state index is 14.2. The molecule has 0 atom stereocenters. The second-order valence-electron chi connectivity index (χ2n) is 8.85. The molecule has 178 valence electrons. The predicted octanol–water partition coefficient (Wildman–Crippen LogP) is 5.11. The zero-order chi connectivity index (χ0) is 23.8. The van der Waals surface area contributed by atoms with Crippen LogP contribution < -0.4 is 4.74 Å². The highest BCUT2D eigenvalue weighted by molar-refractivity contribution is 6.01. The van der Waals surface area contributed by atoms with Crippen LogP contribution >= 0.6 is 0 Å². The van der Waals surface area contributed by atoms with Crippen molar-refractivity contribution >= 4 is 16.7 Å². The summed E-state index contributed by atoms with van der Waals surface area (Å²) in [7, 11) is 1.37. The number of carbonyl (C=O) groups is 1. The van der Waals surface area contributed by atoms with E-state index in [1.165, 1.54) is 19.2 Å². The fourth-order valence-corrected chi connectivity index (χ4v) is 4.78. The summed E-state index contributed by atoms with van der Waals surface area (Å²) < 4.78 is 44.5. The lowest BCUT2D eigenvalue weighted by Gasteiger charge is -2.34. The van der Waals surface area contributed by atoms with E-state index in [1.54, 1.807) is 18.2 Å². The zero-order valence-corrected chi connectivity index (χ0v) is 18.7. The van der Waals surface area contributed by atoms with Gasteiger partial charge >= 0.3 is 5.97 Å². The summed E-state index contributed by atoms with van der Waals surface area (Å²) in [5.41, 5.74) is 1.92. The van der Waals surface area contributed by atoms with Crippen molar-refractivity contribution in [2.45, 2.75) is 37.7 Å². The van der Waals surface area contributed by atoms with Crippen LogP contribution in [0.4, 0.5) is 8.78 Å². The average molecular weight is 469 g/mol. The summed E-state index contributed by atoms with van der Waals surface area (Å²) >= 11 is 0. The van der Waals surface area contributed by atoms with Crippen LogP contribution in [-0.4, -0.2) is 42.5 Å². The molecule has 2 aromatic carbocycles. The number of ether oxygens (including phenoxy) is 3. The van der Waals surface area contributed by atoms with E-state index in [-0.39, 0.29) is 29.7 Å². The summed E-state index contributed by atoms with van der Waals surface area (Å²) in [5.74, 6) is -1.88. The molecule has 0 amide bonds. The topological polar surface area (TPSA) is 77.9 Å². The van der Waals surface area contributed by atoms with Crippen molar-refractivity contribution in [3.63, 3.8) is 0 Å². The molecule has 2 aliphatic rings. The van der Waals surface area contributed by atoms with Gasteiger partial charge in [0.05, 0.1) is 18.7 Å². The molecule has 1 saturated heterocycles. The number of aromatic nitrogens is 1. The van der Waals surface area contributed by atoms with E-state index in [0.717, 1.165) is 30.0 Å². The molecule has 8 heteroatoms. The predicted molar refractivity (Wildman–Crippen MR) is 121 cm³/mol. The molecule has 34 heavy (non-hydrogen) atoms. The molecule has 1 aliphatic carbocycles. The maximum absolute atomic E-state index is 14.2. The molecule has 5 rings (SSSR count). The molecule has 0 unspecified atom stereocenters.